The summed E-state index contributed by atoms with van der Waals surface area (Å²) in [5.41, 5.74) is 2.19. The van der Waals surface area contributed by atoms with E-state index in [2.05, 4.69) is 49.8 Å². The van der Waals surface area contributed by atoms with Gasteiger partial charge in [0.15, 0.2) is 5.96 Å². The Kier molecular flexibility index (Phi) is 5.72. The first-order valence-corrected chi connectivity index (χ1v) is 8.55. The molecule has 1 saturated heterocycles. The summed E-state index contributed by atoms with van der Waals surface area (Å²) >= 11 is 0. The van der Waals surface area contributed by atoms with Crippen LogP contribution in [-0.2, 0) is 6.54 Å². The van der Waals surface area contributed by atoms with Crippen LogP contribution in [0.1, 0.15) is 12.1 Å². The van der Waals surface area contributed by atoms with Gasteiger partial charge in [-0.1, -0.05) is 24.3 Å². The van der Waals surface area contributed by atoms with Crippen molar-refractivity contribution >= 4 is 11.6 Å². The Balaban J connectivity index is 1.51. The highest BCUT2D eigenvalue weighted by Crippen LogP contribution is 2.19. The molecular formula is C19H25N5O. The zero-order valence-corrected chi connectivity index (χ0v) is 14.8. The fraction of sp³-hybridized carbons (Fsp3) is 0.368. The summed E-state index contributed by atoms with van der Waals surface area (Å²) < 4.78 is 5.16. The van der Waals surface area contributed by atoms with Crippen LogP contribution in [0, 0.1) is 0 Å². The summed E-state index contributed by atoms with van der Waals surface area (Å²) in [4.78, 5) is 11.1. The van der Waals surface area contributed by atoms with Crippen molar-refractivity contribution in [3.05, 3.63) is 54.2 Å². The molecule has 6 heteroatoms. The van der Waals surface area contributed by atoms with Crippen molar-refractivity contribution in [2.24, 2.45) is 4.99 Å². The van der Waals surface area contributed by atoms with Crippen LogP contribution in [0.25, 0.3) is 0 Å². The van der Waals surface area contributed by atoms with E-state index in [9.17, 15) is 0 Å². The Morgan fingerprint density at radius 1 is 1.24 bits per heavy atom. The number of hydrogen-bond donors (Lipinski definition) is 2. The number of nitrogens with one attached hydrogen (secondary N) is 2. The van der Waals surface area contributed by atoms with E-state index < -0.39 is 0 Å². The number of aliphatic imine (C=N–C) groups is 1. The van der Waals surface area contributed by atoms with Gasteiger partial charge in [-0.05, 0) is 24.6 Å². The summed E-state index contributed by atoms with van der Waals surface area (Å²) in [6, 6.07) is 16.7. The maximum atomic E-state index is 5.16. The number of para-hydroxylation sites is 1. The van der Waals surface area contributed by atoms with Gasteiger partial charge >= 0.3 is 0 Å². The molecule has 1 aromatic heterocycles. The van der Waals surface area contributed by atoms with Crippen molar-refractivity contribution in [2.75, 3.05) is 32.1 Å². The second-order valence-electron chi connectivity index (χ2n) is 6.01. The third-order valence-electron chi connectivity index (χ3n) is 4.30. The number of anilines is 1. The first-order valence-electron chi connectivity index (χ1n) is 8.55. The smallest absolute Gasteiger partial charge is 0.213 e. The molecule has 2 heterocycles. The summed E-state index contributed by atoms with van der Waals surface area (Å²) in [5, 5.41) is 6.82. The summed E-state index contributed by atoms with van der Waals surface area (Å²) in [7, 11) is 3.41. The van der Waals surface area contributed by atoms with E-state index >= 15 is 0 Å². The van der Waals surface area contributed by atoms with Gasteiger partial charge in [0, 0.05) is 37.9 Å². The third-order valence-corrected chi connectivity index (χ3v) is 4.30. The van der Waals surface area contributed by atoms with Crippen LogP contribution in [0.2, 0.25) is 0 Å². The van der Waals surface area contributed by atoms with Crippen LogP contribution in [0.5, 0.6) is 5.88 Å². The van der Waals surface area contributed by atoms with Gasteiger partial charge < -0.3 is 20.3 Å². The number of guanidine groups is 1. The molecule has 1 fully saturated rings. The minimum Gasteiger partial charge on any atom is -0.481 e. The van der Waals surface area contributed by atoms with E-state index in [1.807, 2.05) is 24.3 Å². The Hall–Kier alpha value is -2.76. The zero-order valence-electron chi connectivity index (χ0n) is 14.8. The van der Waals surface area contributed by atoms with Crippen molar-refractivity contribution in [3.8, 4) is 5.88 Å². The Morgan fingerprint density at radius 3 is 2.84 bits per heavy atom. The van der Waals surface area contributed by atoms with Crippen molar-refractivity contribution < 1.29 is 4.74 Å². The highest BCUT2D eigenvalue weighted by molar-refractivity contribution is 5.80. The molecule has 3 rings (SSSR count). The lowest BCUT2D eigenvalue weighted by atomic mass is 10.2. The Morgan fingerprint density at radius 2 is 2.08 bits per heavy atom. The molecule has 6 nitrogen and oxygen atoms in total. The van der Waals surface area contributed by atoms with Gasteiger partial charge in [-0.25, -0.2) is 4.98 Å². The van der Waals surface area contributed by atoms with Crippen molar-refractivity contribution in [1.82, 2.24) is 15.6 Å². The molecule has 0 saturated carbocycles. The number of hydrogen-bond acceptors (Lipinski definition) is 4. The van der Waals surface area contributed by atoms with Crippen LogP contribution >= 0.6 is 0 Å². The molecule has 0 aliphatic carbocycles. The number of ether oxygens (including phenoxy) is 1. The van der Waals surface area contributed by atoms with E-state index in [-0.39, 0.29) is 0 Å². The first kappa shape index (κ1) is 17.1. The van der Waals surface area contributed by atoms with Crippen molar-refractivity contribution in [3.63, 3.8) is 0 Å². The Labute approximate surface area is 148 Å². The van der Waals surface area contributed by atoms with Gasteiger partial charge in [-0.3, -0.25) is 4.99 Å². The van der Waals surface area contributed by atoms with Crippen LogP contribution < -0.4 is 20.3 Å². The summed E-state index contributed by atoms with van der Waals surface area (Å²) in [6.45, 7) is 2.63. The number of rotatable bonds is 5. The van der Waals surface area contributed by atoms with E-state index in [1.54, 1.807) is 14.2 Å². The zero-order chi connectivity index (χ0) is 17.5. The van der Waals surface area contributed by atoms with E-state index in [4.69, 9.17) is 4.74 Å². The molecule has 2 N–H and O–H groups in total. The number of nitrogens with zero attached hydrogens (tertiary/aromatic N) is 3. The monoisotopic (exact) mass is 339 g/mol. The van der Waals surface area contributed by atoms with Crippen LogP contribution in [0.15, 0.2) is 53.5 Å². The largest absolute Gasteiger partial charge is 0.481 e. The predicted molar refractivity (Wildman–Crippen MR) is 101 cm³/mol. The maximum absolute atomic E-state index is 5.16. The molecular weight excluding hydrogens is 314 g/mol. The van der Waals surface area contributed by atoms with Gasteiger partial charge in [0.2, 0.25) is 5.88 Å². The molecule has 0 bridgehead atoms. The molecule has 132 valence electrons. The average molecular weight is 339 g/mol. The summed E-state index contributed by atoms with van der Waals surface area (Å²) in [6.07, 6.45) is 1.09. The predicted octanol–water partition coefficient (Wildman–Crippen LogP) is 2.03. The SMILES string of the molecule is CN=C(NCc1cccc(OC)n1)NC1CCN(c2ccccc2)C1. The normalized spacial score (nSPS) is 17.4. The Bertz CT molecular complexity index is 704. The second-order valence-corrected chi connectivity index (χ2v) is 6.01. The van der Waals surface area contributed by atoms with E-state index in [1.165, 1.54) is 5.69 Å². The lowest BCUT2D eigenvalue weighted by Crippen LogP contribution is -2.44. The minimum absolute atomic E-state index is 0.379. The van der Waals surface area contributed by atoms with Crippen LogP contribution in [-0.4, -0.2) is 44.2 Å². The molecule has 0 amide bonds. The lowest BCUT2D eigenvalue weighted by molar-refractivity contribution is 0.396. The van der Waals surface area contributed by atoms with Crippen molar-refractivity contribution in [2.45, 2.75) is 19.0 Å². The van der Waals surface area contributed by atoms with Gasteiger partial charge in [0.05, 0.1) is 19.3 Å². The molecule has 0 radical (unpaired) electrons. The minimum atomic E-state index is 0.379. The van der Waals surface area contributed by atoms with E-state index in [0.717, 1.165) is 31.2 Å². The van der Waals surface area contributed by atoms with Crippen molar-refractivity contribution in [1.29, 1.82) is 0 Å². The van der Waals surface area contributed by atoms with Gasteiger partial charge in [-0.15, -0.1) is 0 Å². The topological polar surface area (TPSA) is 61.8 Å². The molecule has 2 aromatic rings. The third kappa shape index (κ3) is 4.62. The molecule has 1 atom stereocenters. The second kappa shape index (κ2) is 8.37. The quantitative estimate of drug-likeness (QED) is 0.645. The van der Waals surface area contributed by atoms with Crippen LogP contribution in [0.4, 0.5) is 5.69 Å². The highest BCUT2D eigenvalue weighted by atomic mass is 16.5. The number of benzene rings is 1. The van der Waals surface area contributed by atoms with Gasteiger partial charge in [0.1, 0.15) is 0 Å². The molecule has 0 spiro atoms. The number of aromatic nitrogens is 1. The summed E-state index contributed by atoms with van der Waals surface area (Å²) in [5.74, 6) is 1.42. The van der Waals surface area contributed by atoms with Crippen LogP contribution in [0.3, 0.4) is 0 Å². The first-order chi connectivity index (χ1) is 12.3. The number of methoxy groups -OCH3 is 1. The maximum Gasteiger partial charge on any atom is 0.213 e. The highest BCUT2D eigenvalue weighted by Gasteiger charge is 2.23. The van der Waals surface area contributed by atoms with Gasteiger partial charge in [-0.2, -0.15) is 0 Å². The van der Waals surface area contributed by atoms with E-state index in [0.29, 0.717) is 18.5 Å². The molecule has 25 heavy (non-hydrogen) atoms. The molecule has 1 aliphatic heterocycles. The molecule has 1 aliphatic rings. The number of pyridine rings is 1. The standard InChI is InChI=1S/C19H25N5O/c1-20-19(21-13-15-7-6-10-18(22-15)25-2)23-16-11-12-24(14-16)17-8-4-3-5-9-17/h3-10,16H,11-14H2,1-2H3,(H2,20,21,23). The fourth-order valence-corrected chi connectivity index (χ4v) is 2.98. The average Bonchev–Trinajstić information content (AvgIpc) is 3.14. The lowest BCUT2D eigenvalue weighted by Gasteiger charge is -2.20. The molecule has 1 aromatic carbocycles. The fourth-order valence-electron chi connectivity index (χ4n) is 2.98. The molecule has 1 unspecified atom stereocenters. The van der Waals surface area contributed by atoms with Gasteiger partial charge in [0.25, 0.3) is 0 Å².